The topological polar surface area (TPSA) is 78.9 Å². The molecule has 0 aromatic heterocycles. The Morgan fingerprint density at radius 2 is 0.529 bits per heavy atom. The summed E-state index contributed by atoms with van der Waals surface area (Å²) < 4.78 is 16.9. The Hall–Kier alpha value is -2.11. The van der Waals surface area contributed by atoms with Gasteiger partial charge in [-0.3, -0.25) is 14.4 Å². The highest BCUT2D eigenvalue weighted by molar-refractivity contribution is 5.71. The lowest BCUT2D eigenvalue weighted by atomic mass is 10.0. The van der Waals surface area contributed by atoms with Crippen LogP contribution in [0.4, 0.5) is 0 Å². The molecule has 0 saturated carbocycles. The normalized spacial score (nSPS) is 12.1. The van der Waals surface area contributed by atoms with E-state index in [1.54, 1.807) is 0 Å². The maximum atomic E-state index is 12.8. The summed E-state index contributed by atoms with van der Waals surface area (Å²) in [5.74, 6) is -0.845. The van der Waals surface area contributed by atoms with E-state index in [4.69, 9.17) is 14.2 Å². The Balaban J connectivity index is 4.11. The van der Waals surface area contributed by atoms with Crippen LogP contribution in [0.2, 0.25) is 0 Å². The summed E-state index contributed by atoms with van der Waals surface area (Å²) in [6.07, 6.45) is 67.6. The Labute approximate surface area is 423 Å². The van der Waals surface area contributed by atoms with Gasteiger partial charge in [0.15, 0.2) is 6.10 Å². The van der Waals surface area contributed by atoms with Crippen molar-refractivity contribution in [2.45, 2.75) is 341 Å². The molecular weight excluding hydrogens is 841 g/mol. The molecule has 6 heteroatoms. The molecule has 0 aromatic rings. The van der Waals surface area contributed by atoms with Crippen molar-refractivity contribution in [2.24, 2.45) is 0 Å². The van der Waals surface area contributed by atoms with Gasteiger partial charge in [-0.2, -0.15) is 0 Å². The smallest absolute Gasteiger partial charge is 0.306 e. The molecule has 0 aromatic carbocycles. The molecule has 0 aliphatic rings. The molecule has 1 unspecified atom stereocenters. The lowest BCUT2D eigenvalue weighted by Crippen LogP contribution is -2.30. The van der Waals surface area contributed by atoms with Gasteiger partial charge in [0.1, 0.15) is 13.2 Å². The Morgan fingerprint density at radius 3 is 0.809 bits per heavy atom. The van der Waals surface area contributed by atoms with Crippen LogP contribution in [0.15, 0.2) is 24.3 Å². The van der Waals surface area contributed by atoms with E-state index in [1.165, 1.54) is 231 Å². The van der Waals surface area contributed by atoms with E-state index < -0.39 is 6.10 Å². The molecule has 0 amide bonds. The SMILES string of the molecule is CCCCCCC/C=C\C/C=C\CCCCCCCCCCCCCCCCCC(=O)OCC(COC(=O)CCCCCCCCCCCC)OC(=O)CCCCCCCCCCCCCCC. The third-order valence-corrected chi connectivity index (χ3v) is 13.7. The van der Waals surface area contributed by atoms with E-state index in [1.807, 2.05) is 0 Å². The van der Waals surface area contributed by atoms with Gasteiger partial charge < -0.3 is 14.2 Å². The lowest BCUT2D eigenvalue weighted by Gasteiger charge is -2.18. The van der Waals surface area contributed by atoms with Gasteiger partial charge >= 0.3 is 17.9 Å². The number of allylic oxidation sites excluding steroid dienone is 4. The van der Waals surface area contributed by atoms with E-state index >= 15 is 0 Å². The molecule has 68 heavy (non-hydrogen) atoms. The largest absolute Gasteiger partial charge is 0.462 e. The quantitative estimate of drug-likeness (QED) is 0.0262. The molecule has 0 spiro atoms. The van der Waals surface area contributed by atoms with Gasteiger partial charge in [0.05, 0.1) is 0 Å². The van der Waals surface area contributed by atoms with Gasteiger partial charge in [-0.05, 0) is 51.4 Å². The van der Waals surface area contributed by atoms with Gasteiger partial charge in [0.25, 0.3) is 0 Å². The highest BCUT2D eigenvalue weighted by Gasteiger charge is 2.19. The number of unbranched alkanes of at least 4 members (excludes halogenated alkanes) is 41. The van der Waals surface area contributed by atoms with Crippen molar-refractivity contribution < 1.29 is 28.6 Å². The Bertz CT molecular complexity index is 1100. The fraction of sp³-hybridized carbons (Fsp3) is 0.887. The highest BCUT2D eigenvalue weighted by atomic mass is 16.6. The number of carbonyl (C=O) groups excluding carboxylic acids is 3. The predicted molar refractivity (Wildman–Crippen MR) is 293 cm³/mol. The number of esters is 3. The molecular formula is C62H116O6. The van der Waals surface area contributed by atoms with Gasteiger partial charge in [0, 0.05) is 19.3 Å². The maximum absolute atomic E-state index is 12.8. The Kier molecular flexibility index (Phi) is 55.7. The minimum Gasteiger partial charge on any atom is -0.462 e. The van der Waals surface area contributed by atoms with Crippen molar-refractivity contribution >= 4 is 17.9 Å². The van der Waals surface area contributed by atoms with E-state index in [-0.39, 0.29) is 31.1 Å². The van der Waals surface area contributed by atoms with Crippen molar-refractivity contribution in [3.63, 3.8) is 0 Å². The second-order valence-electron chi connectivity index (χ2n) is 20.6. The summed E-state index contributed by atoms with van der Waals surface area (Å²) in [6.45, 7) is 6.66. The van der Waals surface area contributed by atoms with E-state index in [9.17, 15) is 14.4 Å². The first-order valence-corrected chi connectivity index (χ1v) is 30.3. The maximum Gasteiger partial charge on any atom is 0.306 e. The van der Waals surface area contributed by atoms with E-state index in [0.29, 0.717) is 19.3 Å². The van der Waals surface area contributed by atoms with Gasteiger partial charge in [-0.25, -0.2) is 0 Å². The van der Waals surface area contributed by atoms with Crippen molar-refractivity contribution in [1.82, 2.24) is 0 Å². The molecule has 1 atom stereocenters. The van der Waals surface area contributed by atoms with Crippen LogP contribution < -0.4 is 0 Å². The van der Waals surface area contributed by atoms with Crippen molar-refractivity contribution in [3.05, 3.63) is 24.3 Å². The molecule has 0 N–H and O–H groups in total. The summed E-state index contributed by atoms with van der Waals surface area (Å²) in [7, 11) is 0. The number of hydrogen-bond donors (Lipinski definition) is 0. The fourth-order valence-electron chi connectivity index (χ4n) is 9.12. The first-order valence-electron chi connectivity index (χ1n) is 30.3. The summed E-state index contributed by atoms with van der Waals surface area (Å²) >= 11 is 0. The number of rotatable bonds is 56. The van der Waals surface area contributed by atoms with E-state index in [0.717, 1.165) is 64.2 Å². The van der Waals surface area contributed by atoms with Crippen molar-refractivity contribution in [2.75, 3.05) is 13.2 Å². The van der Waals surface area contributed by atoms with Crippen LogP contribution >= 0.6 is 0 Å². The first kappa shape index (κ1) is 65.9. The average Bonchev–Trinajstić information content (AvgIpc) is 3.34. The van der Waals surface area contributed by atoms with Gasteiger partial charge in [-0.15, -0.1) is 0 Å². The number of carbonyl (C=O) groups is 3. The molecule has 0 bridgehead atoms. The van der Waals surface area contributed by atoms with Crippen molar-refractivity contribution in [1.29, 1.82) is 0 Å². The van der Waals surface area contributed by atoms with E-state index in [2.05, 4.69) is 45.1 Å². The molecule has 6 nitrogen and oxygen atoms in total. The highest BCUT2D eigenvalue weighted by Crippen LogP contribution is 2.17. The zero-order valence-corrected chi connectivity index (χ0v) is 45.9. The molecule has 0 radical (unpaired) electrons. The fourth-order valence-corrected chi connectivity index (χ4v) is 9.12. The molecule has 0 heterocycles. The lowest BCUT2D eigenvalue weighted by molar-refractivity contribution is -0.167. The van der Waals surface area contributed by atoms with Gasteiger partial charge in [0.2, 0.25) is 0 Å². The Morgan fingerprint density at radius 1 is 0.294 bits per heavy atom. The molecule has 0 fully saturated rings. The predicted octanol–water partition coefficient (Wildman–Crippen LogP) is 20.3. The monoisotopic (exact) mass is 957 g/mol. The number of ether oxygens (including phenoxy) is 3. The molecule has 0 aliphatic heterocycles. The molecule has 0 aliphatic carbocycles. The zero-order valence-electron chi connectivity index (χ0n) is 45.9. The minimum atomic E-state index is -0.764. The van der Waals surface area contributed by atoms with Gasteiger partial charge in [-0.1, -0.05) is 289 Å². The molecule has 400 valence electrons. The second kappa shape index (κ2) is 57.5. The van der Waals surface area contributed by atoms with Crippen molar-refractivity contribution in [3.8, 4) is 0 Å². The van der Waals surface area contributed by atoms with Crippen LogP contribution in [0, 0.1) is 0 Å². The summed E-state index contributed by atoms with van der Waals surface area (Å²) in [4.78, 5) is 38.1. The first-order chi connectivity index (χ1) is 33.5. The summed E-state index contributed by atoms with van der Waals surface area (Å²) in [5, 5.41) is 0. The third kappa shape index (κ3) is 54.8. The molecule has 0 saturated heterocycles. The third-order valence-electron chi connectivity index (χ3n) is 13.7. The van der Waals surface area contributed by atoms with Crippen LogP contribution in [0.25, 0.3) is 0 Å². The zero-order chi connectivity index (χ0) is 49.3. The minimum absolute atomic E-state index is 0.0650. The molecule has 0 rings (SSSR count). The average molecular weight is 958 g/mol. The van der Waals surface area contributed by atoms with Crippen LogP contribution in [0.1, 0.15) is 335 Å². The summed E-state index contributed by atoms with van der Waals surface area (Å²) in [6, 6.07) is 0. The van der Waals surface area contributed by atoms with Crippen LogP contribution in [0.3, 0.4) is 0 Å². The summed E-state index contributed by atoms with van der Waals surface area (Å²) in [5.41, 5.74) is 0. The van der Waals surface area contributed by atoms with Crippen LogP contribution in [-0.2, 0) is 28.6 Å². The van der Waals surface area contributed by atoms with Crippen LogP contribution in [0.5, 0.6) is 0 Å². The number of hydrogen-bond acceptors (Lipinski definition) is 6. The standard InChI is InChI=1S/C62H116O6/c1-4-7-10-13-16-19-22-24-25-26-27-28-29-30-31-32-33-34-35-36-37-39-40-43-46-49-52-55-61(64)67-58-59(57-66-60(63)54-51-48-45-42-21-18-15-12-9-6-3)68-62(65)56-53-50-47-44-41-38-23-20-17-14-11-8-5-2/h22,24,26-27,59H,4-21,23,25,28-58H2,1-3H3/b24-22-,27-26-. The van der Waals surface area contributed by atoms with Crippen LogP contribution in [-0.4, -0.2) is 37.2 Å². The second-order valence-corrected chi connectivity index (χ2v) is 20.6.